The maximum Gasteiger partial charge on any atom is 0.243 e. The molecule has 21 heavy (non-hydrogen) atoms. The lowest BCUT2D eigenvalue weighted by Gasteiger charge is -2.03. The van der Waals surface area contributed by atoms with Gasteiger partial charge in [-0.15, -0.1) is 0 Å². The Hall–Kier alpha value is -0.950. The van der Waals surface area contributed by atoms with Crippen molar-refractivity contribution in [3.63, 3.8) is 0 Å². The van der Waals surface area contributed by atoms with Gasteiger partial charge in [-0.1, -0.05) is 0 Å². The van der Waals surface area contributed by atoms with E-state index in [2.05, 4.69) is 15.5 Å². The number of aromatic nitrogens is 2. The quantitative estimate of drug-likeness (QED) is 0.378. The normalized spacial score (nSPS) is 11.1. The predicted molar refractivity (Wildman–Crippen MR) is 79.3 cm³/mol. The lowest BCUT2D eigenvalue weighted by molar-refractivity contribution is -0.698. The molecular weight excluding hydrogens is 272 g/mol. The first-order valence-corrected chi connectivity index (χ1v) is 7.72. The Labute approximate surface area is 127 Å². The Bertz CT molecular complexity index is 314. The molecule has 0 atom stereocenters. The van der Waals surface area contributed by atoms with Gasteiger partial charge in [-0.3, -0.25) is 0 Å². The highest BCUT2D eigenvalue weighted by atomic mass is 16.5. The first kappa shape index (κ1) is 18.1. The van der Waals surface area contributed by atoms with Crippen LogP contribution in [0.25, 0.3) is 0 Å². The highest BCUT2D eigenvalue weighted by molar-refractivity contribution is 4.65. The minimum Gasteiger partial charge on any atom is -0.379 e. The lowest BCUT2D eigenvalue weighted by atomic mass is 10.6. The third kappa shape index (κ3) is 9.57. The molecule has 1 heterocycles. The topological polar surface area (TPSA) is 45.7 Å². The summed E-state index contributed by atoms with van der Waals surface area (Å²) in [6, 6.07) is 0. The van der Waals surface area contributed by atoms with Gasteiger partial charge in [0.2, 0.25) is 6.33 Å². The fourth-order valence-corrected chi connectivity index (χ4v) is 1.77. The molecule has 0 spiro atoms. The second-order valence-electron chi connectivity index (χ2n) is 4.51. The molecule has 6 nitrogen and oxygen atoms in total. The van der Waals surface area contributed by atoms with E-state index in [1.807, 2.05) is 26.2 Å². The summed E-state index contributed by atoms with van der Waals surface area (Å²) in [5.41, 5.74) is 0. The first-order valence-electron chi connectivity index (χ1n) is 7.72. The number of rotatable bonds is 14. The van der Waals surface area contributed by atoms with E-state index >= 15 is 0 Å². The smallest absolute Gasteiger partial charge is 0.243 e. The van der Waals surface area contributed by atoms with E-state index in [0.29, 0.717) is 39.6 Å². The van der Waals surface area contributed by atoms with Crippen molar-refractivity contribution in [2.24, 2.45) is 0 Å². The summed E-state index contributed by atoms with van der Waals surface area (Å²) in [6.07, 6.45) is 6.16. The summed E-state index contributed by atoms with van der Waals surface area (Å²) in [6.45, 7) is 11.2. The van der Waals surface area contributed by atoms with E-state index in [-0.39, 0.29) is 0 Å². The van der Waals surface area contributed by atoms with Crippen LogP contribution >= 0.6 is 0 Å². The molecule has 1 aromatic heterocycles. The van der Waals surface area contributed by atoms with Gasteiger partial charge in [-0.2, -0.15) is 0 Å². The Balaban J connectivity index is 2.01. The van der Waals surface area contributed by atoms with Crippen LogP contribution in [-0.4, -0.2) is 57.4 Å². The third-order valence-electron chi connectivity index (χ3n) is 2.89. The van der Waals surface area contributed by atoms with E-state index in [0.717, 1.165) is 26.3 Å². The summed E-state index contributed by atoms with van der Waals surface area (Å²) in [5, 5.41) is 0. The van der Waals surface area contributed by atoms with Crippen molar-refractivity contribution in [3.05, 3.63) is 18.7 Å². The summed E-state index contributed by atoms with van der Waals surface area (Å²) in [4.78, 5) is 0. The second kappa shape index (κ2) is 12.8. The van der Waals surface area contributed by atoms with E-state index in [1.54, 1.807) is 0 Å². The molecule has 0 radical (unpaired) electrons. The van der Waals surface area contributed by atoms with Gasteiger partial charge in [0.15, 0.2) is 0 Å². The molecule has 1 rings (SSSR count). The Kier molecular flexibility index (Phi) is 11.0. The number of ether oxygens (including phenoxy) is 4. The van der Waals surface area contributed by atoms with Crippen LogP contribution in [0.1, 0.15) is 13.8 Å². The zero-order chi connectivity index (χ0) is 15.2. The van der Waals surface area contributed by atoms with Crippen LogP contribution in [0.5, 0.6) is 0 Å². The molecule has 6 heteroatoms. The van der Waals surface area contributed by atoms with E-state index in [1.165, 1.54) is 0 Å². The summed E-state index contributed by atoms with van der Waals surface area (Å²) >= 11 is 0. The second-order valence-corrected chi connectivity index (χ2v) is 4.51. The molecule has 0 fully saturated rings. The Morgan fingerprint density at radius 1 is 0.810 bits per heavy atom. The highest BCUT2D eigenvalue weighted by Crippen LogP contribution is 1.87. The largest absolute Gasteiger partial charge is 0.379 e. The van der Waals surface area contributed by atoms with Crippen LogP contribution in [0.3, 0.4) is 0 Å². The van der Waals surface area contributed by atoms with Gasteiger partial charge in [0.25, 0.3) is 0 Å². The van der Waals surface area contributed by atoms with Crippen LogP contribution in [0.2, 0.25) is 0 Å². The number of nitrogens with zero attached hydrogens (tertiary/aromatic N) is 2. The standard InChI is InChI=1S/C15H29N2O4/c1-3-18-11-13-20-9-7-16-5-6-17(15-16)8-10-21-14-12-19-4-2/h5-6,15H,3-4,7-14H2,1-2H3/q+1. The van der Waals surface area contributed by atoms with E-state index < -0.39 is 0 Å². The zero-order valence-corrected chi connectivity index (χ0v) is 13.3. The van der Waals surface area contributed by atoms with E-state index in [9.17, 15) is 0 Å². The molecule has 1 aromatic rings. The fourth-order valence-electron chi connectivity index (χ4n) is 1.77. The molecule has 0 amide bonds. The van der Waals surface area contributed by atoms with Crippen LogP contribution in [0.15, 0.2) is 18.7 Å². The van der Waals surface area contributed by atoms with Crippen molar-refractivity contribution in [3.8, 4) is 0 Å². The maximum atomic E-state index is 5.49. The molecule has 0 N–H and O–H groups in total. The molecule has 0 bridgehead atoms. The maximum absolute atomic E-state index is 5.49. The molecule has 0 aliphatic rings. The first-order chi connectivity index (χ1) is 10.4. The monoisotopic (exact) mass is 301 g/mol. The van der Waals surface area contributed by atoms with Gasteiger partial charge < -0.3 is 18.9 Å². The average molecular weight is 301 g/mol. The summed E-state index contributed by atoms with van der Waals surface area (Å²) < 4.78 is 25.6. The zero-order valence-electron chi connectivity index (χ0n) is 13.3. The summed E-state index contributed by atoms with van der Waals surface area (Å²) in [7, 11) is 0. The molecule has 0 saturated carbocycles. The Morgan fingerprint density at radius 2 is 1.43 bits per heavy atom. The molecular formula is C15H29N2O4+. The molecule has 0 aliphatic carbocycles. The van der Waals surface area contributed by atoms with Crippen molar-refractivity contribution < 1.29 is 23.5 Å². The lowest BCUT2D eigenvalue weighted by Crippen LogP contribution is -2.34. The predicted octanol–water partition coefficient (Wildman–Crippen LogP) is 0.882. The van der Waals surface area contributed by atoms with Gasteiger partial charge in [0, 0.05) is 13.2 Å². The van der Waals surface area contributed by atoms with Crippen molar-refractivity contribution in [2.45, 2.75) is 26.9 Å². The van der Waals surface area contributed by atoms with E-state index in [4.69, 9.17) is 18.9 Å². The summed E-state index contributed by atoms with van der Waals surface area (Å²) in [5.74, 6) is 0. The van der Waals surface area contributed by atoms with Crippen LogP contribution in [0, 0.1) is 0 Å². The van der Waals surface area contributed by atoms with Gasteiger partial charge in [0.1, 0.15) is 25.5 Å². The highest BCUT2D eigenvalue weighted by Gasteiger charge is 2.03. The van der Waals surface area contributed by atoms with Gasteiger partial charge >= 0.3 is 0 Å². The minimum absolute atomic E-state index is 0.656. The van der Waals surface area contributed by atoms with Gasteiger partial charge in [0.05, 0.1) is 39.6 Å². The SMILES string of the molecule is CCOCCOCCn1cc[n+](CCOCCOCC)c1. The molecule has 0 saturated heterocycles. The van der Waals surface area contributed by atoms with Crippen molar-refractivity contribution in [2.75, 3.05) is 52.9 Å². The van der Waals surface area contributed by atoms with Crippen molar-refractivity contribution in [1.82, 2.24) is 4.57 Å². The molecule has 122 valence electrons. The van der Waals surface area contributed by atoms with Gasteiger partial charge in [-0.05, 0) is 13.8 Å². The van der Waals surface area contributed by atoms with Crippen molar-refractivity contribution in [1.29, 1.82) is 0 Å². The van der Waals surface area contributed by atoms with Crippen LogP contribution in [0.4, 0.5) is 0 Å². The molecule has 0 aromatic carbocycles. The Morgan fingerprint density at radius 3 is 2.10 bits per heavy atom. The minimum atomic E-state index is 0.656. The third-order valence-corrected chi connectivity index (χ3v) is 2.89. The molecule has 0 aliphatic heterocycles. The number of hydrogen-bond acceptors (Lipinski definition) is 4. The number of imidazole rings is 1. The number of hydrogen-bond donors (Lipinski definition) is 0. The van der Waals surface area contributed by atoms with Gasteiger partial charge in [-0.25, -0.2) is 9.13 Å². The fraction of sp³-hybridized carbons (Fsp3) is 0.800. The average Bonchev–Trinajstić information content (AvgIpc) is 2.94. The molecule has 0 unspecified atom stereocenters. The van der Waals surface area contributed by atoms with Crippen molar-refractivity contribution >= 4 is 0 Å². The van der Waals surface area contributed by atoms with Crippen LogP contribution in [-0.2, 0) is 32.0 Å². The van der Waals surface area contributed by atoms with Crippen LogP contribution < -0.4 is 4.57 Å².